The lowest BCUT2D eigenvalue weighted by Crippen LogP contribution is -2.22. The Hall–Kier alpha value is -1.61. The molecule has 20 heavy (non-hydrogen) atoms. The topological polar surface area (TPSA) is 29.1 Å². The van der Waals surface area contributed by atoms with Crippen molar-refractivity contribution < 1.29 is 4.79 Å². The van der Waals surface area contributed by atoms with Crippen molar-refractivity contribution in [2.75, 3.05) is 0 Å². The molecule has 0 heterocycles. The van der Waals surface area contributed by atoms with Crippen LogP contribution in [0.4, 0.5) is 0 Å². The fourth-order valence-corrected chi connectivity index (χ4v) is 2.51. The van der Waals surface area contributed by atoms with Crippen LogP contribution < -0.4 is 5.32 Å². The minimum atomic E-state index is 0.0893. The Balaban J connectivity index is 1.78. The average Bonchev–Trinajstić information content (AvgIpc) is 2.43. The summed E-state index contributed by atoms with van der Waals surface area (Å²) in [7, 11) is 0. The second kappa shape index (κ2) is 7.25. The van der Waals surface area contributed by atoms with E-state index in [1.54, 1.807) is 0 Å². The van der Waals surface area contributed by atoms with Gasteiger partial charge in [-0.2, -0.15) is 0 Å². The molecule has 1 amide bonds. The normalized spacial score (nSPS) is 10.3. The van der Waals surface area contributed by atoms with Gasteiger partial charge in [0.15, 0.2) is 0 Å². The summed E-state index contributed by atoms with van der Waals surface area (Å²) in [4.78, 5) is 11.8. The number of hydrogen-bond donors (Lipinski definition) is 1. The Kier molecular flexibility index (Phi) is 5.36. The molecule has 2 rings (SSSR count). The molecule has 0 spiro atoms. The van der Waals surface area contributed by atoms with Crippen LogP contribution in [0.3, 0.4) is 0 Å². The van der Waals surface area contributed by atoms with Crippen molar-refractivity contribution in [3.05, 3.63) is 69.7 Å². The highest BCUT2D eigenvalue weighted by Crippen LogP contribution is 2.11. The van der Waals surface area contributed by atoms with E-state index in [0.717, 1.165) is 16.5 Å². The van der Waals surface area contributed by atoms with Crippen molar-refractivity contribution in [1.29, 1.82) is 0 Å². The SMILES string of the molecule is Cc1cccc(CCC(=O)NCc2cccc(Br)c2)c1. The predicted octanol–water partition coefficient (Wildman–Crippen LogP) is 4.01. The molecule has 0 aromatic heterocycles. The van der Waals surface area contributed by atoms with Crippen LogP contribution in [0.15, 0.2) is 53.0 Å². The number of nitrogens with one attached hydrogen (secondary N) is 1. The van der Waals surface area contributed by atoms with E-state index in [2.05, 4.69) is 46.4 Å². The molecule has 104 valence electrons. The summed E-state index contributed by atoms with van der Waals surface area (Å²) in [5.41, 5.74) is 3.54. The summed E-state index contributed by atoms with van der Waals surface area (Å²) in [5.74, 6) is 0.0893. The summed E-state index contributed by atoms with van der Waals surface area (Å²) in [6.45, 7) is 2.64. The van der Waals surface area contributed by atoms with Gasteiger partial charge in [0.1, 0.15) is 0 Å². The van der Waals surface area contributed by atoms with Gasteiger partial charge in [-0.25, -0.2) is 0 Å². The Labute approximate surface area is 128 Å². The molecule has 0 aliphatic heterocycles. The van der Waals surface area contributed by atoms with Gasteiger partial charge in [-0.1, -0.05) is 57.9 Å². The van der Waals surface area contributed by atoms with E-state index in [9.17, 15) is 4.79 Å². The summed E-state index contributed by atoms with van der Waals surface area (Å²) in [6, 6.07) is 16.3. The number of halogens is 1. The third-order valence-electron chi connectivity index (χ3n) is 3.10. The van der Waals surface area contributed by atoms with Gasteiger partial charge in [0.05, 0.1) is 0 Å². The Morgan fingerprint density at radius 2 is 1.85 bits per heavy atom. The van der Waals surface area contributed by atoms with Crippen molar-refractivity contribution in [1.82, 2.24) is 5.32 Å². The number of carbonyl (C=O) groups excluding carboxylic acids is 1. The van der Waals surface area contributed by atoms with Gasteiger partial charge >= 0.3 is 0 Å². The third-order valence-corrected chi connectivity index (χ3v) is 3.60. The van der Waals surface area contributed by atoms with Crippen LogP contribution in [-0.2, 0) is 17.8 Å². The molecular formula is C17H18BrNO. The second-order valence-corrected chi connectivity index (χ2v) is 5.81. The minimum absolute atomic E-state index is 0.0893. The lowest BCUT2D eigenvalue weighted by molar-refractivity contribution is -0.121. The van der Waals surface area contributed by atoms with Gasteiger partial charge in [0.2, 0.25) is 5.91 Å². The van der Waals surface area contributed by atoms with Gasteiger partial charge in [-0.3, -0.25) is 4.79 Å². The van der Waals surface area contributed by atoms with E-state index in [-0.39, 0.29) is 5.91 Å². The Morgan fingerprint density at radius 3 is 2.60 bits per heavy atom. The molecule has 0 saturated carbocycles. The molecule has 0 aliphatic carbocycles. The van der Waals surface area contributed by atoms with Crippen molar-refractivity contribution >= 4 is 21.8 Å². The second-order valence-electron chi connectivity index (χ2n) is 4.90. The number of benzene rings is 2. The van der Waals surface area contributed by atoms with Crippen molar-refractivity contribution in [2.45, 2.75) is 26.3 Å². The van der Waals surface area contributed by atoms with E-state index < -0.39 is 0 Å². The van der Waals surface area contributed by atoms with Gasteiger partial charge in [-0.05, 0) is 36.6 Å². The molecule has 0 aliphatic rings. The zero-order valence-corrected chi connectivity index (χ0v) is 13.1. The van der Waals surface area contributed by atoms with Crippen molar-refractivity contribution in [3.63, 3.8) is 0 Å². The minimum Gasteiger partial charge on any atom is -0.352 e. The van der Waals surface area contributed by atoms with E-state index in [1.165, 1.54) is 11.1 Å². The summed E-state index contributed by atoms with van der Waals surface area (Å²) < 4.78 is 1.03. The van der Waals surface area contributed by atoms with E-state index >= 15 is 0 Å². The first-order valence-corrected chi connectivity index (χ1v) is 7.49. The molecule has 3 heteroatoms. The number of aryl methyl sites for hydroxylation is 2. The highest BCUT2D eigenvalue weighted by atomic mass is 79.9. The van der Waals surface area contributed by atoms with Gasteiger partial charge in [-0.15, -0.1) is 0 Å². The Bertz CT molecular complexity index is 544. The molecule has 2 aromatic rings. The molecule has 0 bridgehead atoms. The van der Waals surface area contributed by atoms with Crippen LogP contribution in [-0.4, -0.2) is 5.91 Å². The predicted molar refractivity (Wildman–Crippen MR) is 85.5 cm³/mol. The van der Waals surface area contributed by atoms with Crippen LogP contribution in [0.25, 0.3) is 0 Å². The maximum atomic E-state index is 11.8. The third kappa shape index (κ3) is 4.82. The fourth-order valence-electron chi connectivity index (χ4n) is 2.06. The number of rotatable bonds is 5. The smallest absolute Gasteiger partial charge is 0.220 e. The zero-order valence-electron chi connectivity index (χ0n) is 11.5. The van der Waals surface area contributed by atoms with Crippen LogP contribution >= 0.6 is 15.9 Å². The molecule has 1 N–H and O–H groups in total. The van der Waals surface area contributed by atoms with E-state index in [1.807, 2.05) is 30.3 Å². The summed E-state index contributed by atoms with van der Waals surface area (Å²) in [5, 5.41) is 2.95. The lowest BCUT2D eigenvalue weighted by atomic mass is 10.1. The standard InChI is InChI=1S/C17H18BrNO/c1-13-4-2-5-14(10-13)8-9-17(20)19-12-15-6-3-7-16(18)11-15/h2-7,10-11H,8-9,12H2,1H3,(H,19,20). The molecule has 0 atom stereocenters. The van der Waals surface area contributed by atoms with Crippen molar-refractivity contribution in [3.8, 4) is 0 Å². The summed E-state index contributed by atoms with van der Waals surface area (Å²) in [6.07, 6.45) is 1.31. The molecule has 0 fully saturated rings. The van der Waals surface area contributed by atoms with Crippen LogP contribution in [0, 0.1) is 6.92 Å². The highest BCUT2D eigenvalue weighted by molar-refractivity contribution is 9.10. The maximum absolute atomic E-state index is 11.8. The first-order valence-electron chi connectivity index (χ1n) is 6.70. The molecule has 2 nitrogen and oxygen atoms in total. The summed E-state index contributed by atoms with van der Waals surface area (Å²) >= 11 is 3.42. The van der Waals surface area contributed by atoms with Crippen molar-refractivity contribution in [2.24, 2.45) is 0 Å². The van der Waals surface area contributed by atoms with Crippen LogP contribution in [0.1, 0.15) is 23.1 Å². The average molecular weight is 332 g/mol. The van der Waals surface area contributed by atoms with E-state index in [4.69, 9.17) is 0 Å². The van der Waals surface area contributed by atoms with Gasteiger partial charge in [0, 0.05) is 17.4 Å². The fraction of sp³-hybridized carbons (Fsp3) is 0.235. The van der Waals surface area contributed by atoms with Gasteiger partial charge in [0.25, 0.3) is 0 Å². The molecular weight excluding hydrogens is 314 g/mol. The molecule has 0 unspecified atom stereocenters. The first-order chi connectivity index (χ1) is 9.63. The molecule has 0 saturated heterocycles. The van der Waals surface area contributed by atoms with E-state index in [0.29, 0.717) is 13.0 Å². The number of hydrogen-bond acceptors (Lipinski definition) is 1. The quantitative estimate of drug-likeness (QED) is 0.881. The monoisotopic (exact) mass is 331 g/mol. The maximum Gasteiger partial charge on any atom is 0.220 e. The number of amides is 1. The number of carbonyl (C=O) groups is 1. The first kappa shape index (κ1) is 14.8. The zero-order chi connectivity index (χ0) is 14.4. The highest BCUT2D eigenvalue weighted by Gasteiger charge is 2.03. The molecule has 0 radical (unpaired) electrons. The van der Waals surface area contributed by atoms with Crippen LogP contribution in [0.5, 0.6) is 0 Å². The Morgan fingerprint density at radius 1 is 1.10 bits per heavy atom. The molecule has 2 aromatic carbocycles. The van der Waals surface area contributed by atoms with Crippen LogP contribution in [0.2, 0.25) is 0 Å². The largest absolute Gasteiger partial charge is 0.352 e. The lowest BCUT2D eigenvalue weighted by Gasteiger charge is -2.06. The van der Waals surface area contributed by atoms with Gasteiger partial charge < -0.3 is 5.32 Å².